The lowest BCUT2D eigenvalue weighted by Gasteiger charge is -2.06. The third-order valence-corrected chi connectivity index (χ3v) is 4.70. The molecule has 3 rings (SSSR count). The van der Waals surface area contributed by atoms with E-state index in [9.17, 15) is 5.11 Å². The third-order valence-electron chi connectivity index (χ3n) is 3.79. The predicted octanol–water partition coefficient (Wildman–Crippen LogP) is 3.35. The van der Waals surface area contributed by atoms with Crippen molar-refractivity contribution in [1.29, 1.82) is 0 Å². The van der Waals surface area contributed by atoms with Crippen LogP contribution in [0.1, 0.15) is 5.56 Å². The van der Waals surface area contributed by atoms with E-state index in [4.69, 9.17) is 9.47 Å². The average molecular weight is 369 g/mol. The van der Waals surface area contributed by atoms with Crippen molar-refractivity contribution in [3.05, 3.63) is 58.2 Å². The molecule has 0 saturated heterocycles. The van der Waals surface area contributed by atoms with E-state index in [-0.39, 0.29) is 5.75 Å². The lowest BCUT2D eigenvalue weighted by atomic mass is 10.2. The van der Waals surface area contributed by atoms with Gasteiger partial charge < -0.3 is 14.6 Å². The lowest BCUT2D eigenvalue weighted by Crippen LogP contribution is -2.11. The van der Waals surface area contributed by atoms with E-state index >= 15 is 0 Å². The summed E-state index contributed by atoms with van der Waals surface area (Å²) >= 11 is 1.51. The fourth-order valence-corrected chi connectivity index (χ4v) is 3.24. The molecule has 134 valence electrons. The normalized spacial score (nSPS) is 11.9. The Bertz CT molecular complexity index is 988. The van der Waals surface area contributed by atoms with E-state index in [1.807, 2.05) is 35.7 Å². The molecule has 0 fully saturated rings. The maximum absolute atomic E-state index is 9.91. The van der Waals surface area contributed by atoms with Crippen LogP contribution in [0, 0.1) is 0 Å². The zero-order valence-electron chi connectivity index (χ0n) is 14.7. The number of aromatic nitrogens is 1. The van der Waals surface area contributed by atoms with Crippen molar-refractivity contribution in [2.24, 2.45) is 10.1 Å². The molecule has 0 spiro atoms. The van der Waals surface area contributed by atoms with Crippen LogP contribution in [0.5, 0.6) is 17.2 Å². The summed E-state index contributed by atoms with van der Waals surface area (Å²) in [6.45, 7) is 0. The minimum absolute atomic E-state index is 0.0718. The number of benzene rings is 2. The van der Waals surface area contributed by atoms with Gasteiger partial charge in [-0.15, -0.1) is 11.3 Å². The maximum Gasteiger partial charge on any atom is 0.205 e. The molecule has 1 N–H and O–H groups in total. The van der Waals surface area contributed by atoms with E-state index in [1.54, 1.807) is 37.2 Å². The molecule has 0 aliphatic heterocycles. The molecule has 2 aromatic carbocycles. The summed E-state index contributed by atoms with van der Waals surface area (Å²) in [5.41, 5.74) is 2.68. The summed E-state index contributed by atoms with van der Waals surface area (Å²) < 4.78 is 12.0. The van der Waals surface area contributed by atoms with E-state index in [0.717, 1.165) is 27.4 Å². The Kier molecular flexibility index (Phi) is 5.38. The molecular weight excluding hydrogens is 350 g/mol. The van der Waals surface area contributed by atoms with Gasteiger partial charge in [-0.25, -0.2) is 4.68 Å². The van der Waals surface area contributed by atoms with Gasteiger partial charge in [-0.1, -0.05) is 0 Å². The van der Waals surface area contributed by atoms with Gasteiger partial charge in [0.15, 0.2) is 11.5 Å². The minimum Gasteiger partial charge on any atom is -0.504 e. The Balaban J connectivity index is 1.99. The summed E-state index contributed by atoms with van der Waals surface area (Å²) in [6.07, 6.45) is 1.67. The second kappa shape index (κ2) is 7.88. The summed E-state index contributed by atoms with van der Waals surface area (Å²) in [4.78, 5) is 5.05. The van der Waals surface area contributed by atoms with Gasteiger partial charge in [-0.2, -0.15) is 5.10 Å². The molecule has 6 nitrogen and oxygen atoms in total. The van der Waals surface area contributed by atoms with Gasteiger partial charge in [-0.05, 0) is 48.0 Å². The van der Waals surface area contributed by atoms with Crippen molar-refractivity contribution >= 4 is 17.6 Å². The molecule has 0 aliphatic rings. The molecule has 0 amide bonds. The highest BCUT2D eigenvalue weighted by Gasteiger charge is 2.08. The van der Waals surface area contributed by atoms with Gasteiger partial charge in [-0.3, -0.25) is 4.99 Å². The van der Waals surface area contributed by atoms with Gasteiger partial charge >= 0.3 is 0 Å². The first-order valence-electron chi connectivity index (χ1n) is 7.85. The summed E-state index contributed by atoms with van der Waals surface area (Å²) in [5.74, 6) is 1.30. The summed E-state index contributed by atoms with van der Waals surface area (Å²) in [7, 11) is 4.89. The van der Waals surface area contributed by atoms with Crippen LogP contribution in [0.15, 0.2) is 57.9 Å². The fraction of sp³-hybridized carbons (Fsp3) is 0.158. The topological polar surface area (TPSA) is 68.3 Å². The molecular formula is C19H19N3O3S. The summed E-state index contributed by atoms with van der Waals surface area (Å²) in [5, 5.41) is 16.5. The molecule has 0 saturated carbocycles. The molecule has 0 bridgehead atoms. The smallest absolute Gasteiger partial charge is 0.205 e. The van der Waals surface area contributed by atoms with Gasteiger partial charge in [0, 0.05) is 18.0 Å². The van der Waals surface area contributed by atoms with Crippen LogP contribution in [-0.2, 0) is 0 Å². The number of nitrogens with zero attached hydrogens (tertiary/aromatic N) is 3. The number of methoxy groups -OCH3 is 2. The maximum atomic E-state index is 9.91. The predicted molar refractivity (Wildman–Crippen MR) is 103 cm³/mol. The zero-order chi connectivity index (χ0) is 18.5. The van der Waals surface area contributed by atoms with Gasteiger partial charge in [0.1, 0.15) is 5.75 Å². The van der Waals surface area contributed by atoms with Crippen LogP contribution >= 0.6 is 11.3 Å². The van der Waals surface area contributed by atoms with Crippen LogP contribution in [0.3, 0.4) is 0 Å². The monoisotopic (exact) mass is 369 g/mol. The van der Waals surface area contributed by atoms with E-state index in [0.29, 0.717) is 5.75 Å². The Morgan fingerprint density at radius 2 is 1.85 bits per heavy atom. The van der Waals surface area contributed by atoms with Crippen molar-refractivity contribution in [1.82, 2.24) is 4.68 Å². The van der Waals surface area contributed by atoms with Crippen molar-refractivity contribution in [3.63, 3.8) is 0 Å². The molecule has 3 aromatic rings. The fourth-order valence-electron chi connectivity index (χ4n) is 2.43. The Hall–Kier alpha value is -3.06. The second-order valence-corrected chi connectivity index (χ2v) is 6.18. The van der Waals surface area contributed by atoms with Crippen LogP contribution in [0.4, 0.5) is 0 Å². The number of phenolic OH excluding ortho intramolecular Hbond substituents is 1. The van der Waals surface area contributed by atoms with Crippen LogP contribution < -0.4 is 14.3 Å². The molecule has 0 aliphatic carbocycles. The minimum atomic E-state index is 0.0718. The molecule has 1 heterocycles. The number of aromatic hydroxyl groups is 1. The Labute approximate surface area is 155 Å². The number of phenols is 1. The number of rotatable bonds is 5. The molecule has 7 heteroatoms. The first kappa shape index (κ1) is 17.8. The first-order valence-corrected chi connectivity index (χ1v) is 8.73. The zero-order valence-corrected chi connectivity index (χ0v) is 15.5. The standard InChI is InChI=1S/C19H19N3O3S/c1-20-19-22(21-11-13-4-9-18(25-3)17(23)10-13)16(12-26-19)14-5-7-15(24-2)8-6-14/h4-12,23H,1-3H3. The van der Waals surface area contributed by atoms with Crippen LogP contribution in [-0.4, -0.2) is 37.3 Å². The molecule has 0 radical (unpaired) electrons. The van der Waals surface area contributed by atoms with Crippen molar-refractivity contribution in [2.75, 3.05) is 21.3 Å². The summed E-state index contributed by atoms with van der Waals surface area (Å²) in [6, 6.07) is 12.9. The van der Waals surface area contributed by atoms with Crippen molar-refractivity contribution in [2.45, 2.75) is 0 Å². The third kappa shape index (κ3) is 3.62. The molecule has 0 atom stereocenters. The highest BCUT2D eigenvalue weighted by Crippen LogP contribution is 2.26. The SMILES string of the molecule is CN=c1scc(-c2ccc(OC)cc2)n1N=Cc1ccc(OC)c(O)c1. The van der Waals surface area contributed by atoms with Crippen molar-refractivity contribution < 1.29 is 14.6 Å². The number of hydrogen-bond donors (Lipinski definition) is 1. The number of hydrogen-bond acceptors (Lipinski definition) is 6. The van der Waals surface area contributed by atoms with Gasteiger partial charge in [0.25, 0.3) is 0 Å². The number of thiazole rings is 1. The van der Waals surface area contributed by atoms with E-state index in [1.165, 1.54) is 18.4 Å². The average Bonchev–Trinajstić information content (AvgIpc) is 3.09. The Morgan fingerprint density at radius 1 is 1.08 bits per heavy atom. The molecule has 26 heavy (non-hydrogen) atoms. The quantitative estimate of drug-likeness (QED) is 0.701. The highest BCUT2D eigenvalue weighted by molar-refractivity contribution is 7.07. The number of ether oxygens (including phenoxy) is 2. The van der Waals surface area contributed by atoms with Crippen molar-refractivity contribution in [3.8, 4) is 28.5 Å². The molecule has 0 unspecified atom stereocenters. The second-order valence-electron chi connectivity index (χ2n) is 5.34. The van der Waals surface area contributed by atoms with E-state index in [2.05, 4.69) is 10.1 Å². The highest BCUT2D eigenvalue weighted by atomic mass is 32.1. The molecule has 1 aromatic heterocycles. The Morgan fingerprint density at radius 3 is 2.46 bits per heavy atom. The van der Waals surface area contributed by atoms with E-state index < -0.39 is 0 Å². The van der Waals surface area contributed by atoms with Crippen LogP contribution in [0.25, 0.3) is 11.3 Å². The van der Waals surface area contributed by atoms with Gasteiger partial charge in [0.05, 0.1) is 26.1 Å². The largest absolute Gasteiger partial charge is 0.504 e. The first-order chi connectivity index (χ1) is 12.7. The van der Waals surface area contributed by atoms with Gasteiger partial charge in [0.2, 0.25) is 4.80 Å². The van der Waals surface area contributed by atoms with Crippen LogP contribution in [0.2, 0.25) is 0 Å². The lowest BCUT2D eigenvalue weighted by molar-refractivity contribution is 0.373.